The number of fused-ring (bicyclic) bond motifs is 2. The second-order valence-electron chi connectivity index (χ2n) is 18.5. The van der Waals surface area contributed by atoms with Gasteiger partial charge in [0.15, 0.2) is 0 Å². The van der Waals surface area contributed by atoms with Crippen molar-refractivity contribution in [2.75, 3.05) is 26.2 Å². The molecule has 12 N–H and O–H groups in total. The number of urea groups is 1. The molecule has 5 aromatic rings. The summed E-state index contributed by atoms with van der Waals surface area (Å²) in [6.07, 6.45) is 7.08. The molecular weight excluding hydrogens is 905 g/mol. The summed E-state index contributed by atoms with van der Waals surface area (Å²) in [6, 6.07) is 16.1. The van der Waals surface area contributed by atoms with Gasteiger partial charge in [0.25, 0.3) is 5.91 Å². The van der Waals surface area contributed by atoms with Gasteiger partial charge in [0.1, 0.15) is 36.8 Å². The highest BCUT2D eigenvalue weighted by Gasteiger charge is 2.33. The molecule has 7 rings (SSSR count). The maximum absolute atomic E-state index is 14.6. The van der Waals surface area contributed by atoms with Gasteiger partial charge in [-0.2, -0.15) is 0 Å². The Morgan fingerprint density at radius 2 is 1.23 bits per heavy atom. The van der Waals surface area contributed by atoms with Gasteiger partial charge in [-0.1, -0.05) is 78.6 Å². The van der Waals surface area contributed by atoms with Crippen LogP contribution in [0, 0.1) is 17.8 Å². The van der Waals surface area contributed by atoms with Crippen LogP contribution >= 0.6 is 0 Å². The Bertz CT molecular complexity index is 2760. The molecule has 8 amide bonds. The molecule has 19 heteroatoms. The summed E-state index contributed by atoms with van der Waals surface area (Å²) >= 11 is 0. The molecule has 0 radical (unpaired) electrons. The summed E-state index contributed by atoms with van der Waals surface area (Å²) in [5, 5.41) is 16.5. The number of carbonyl (C=O) groups excluding carboxylic acids is 7. The first-order chi connectivity index (χ1) is 34.2. The van der Waals surface area contributed by atoms with Crippen molar-refractivity contribution < 1.29 is 33.6 Å². The molecule has 71 heavy (non-hydrogen) atoms. The molecule has 0 unspecified atom stereocenters. The number of nitrogens with two attached hydrogens (primary N) is 2. The van der Waals surface area contributed by atoms with E-state index >= 15 is 0 Å². The van der Waals surface area contributed by atoms with Gasteiger partial charge in [0.05, 0.1) is 12.6 Å². The van der Waals surface area contributed by atoms with Crippen LogP contribution < -0.4 is 43.5 Å². The topological polar surface area (TPSA) is 282 Å². The second-order valence-corrected chi connectivity index (χ2v) is 18.5. The predicted molar refractivity (Wildman–Crippen MR) is 268 cm³/mol. The van der Waals surface area contributed by atoms with Crippen molar-refractivity contribution in [1.82, 2.24) is 51.9 Å². The van der Waals surface area contributed by atoms with Crippen LogP contribution in [0.25, 0.3) is 21.8 Å². The minimum atomic E-state index is -1.30. The monoisotopic (exact) mass is 969 g/mol. The zero-order chi connectivity index (χ0) is 50.4. The van der Waals surface area contributed by atoms with E-state index in [0.29, 0.717) is 43.0 Å². The van der Waals surface area contributed by atoms with Gasteiger partial charge in [-0.15, -0.1) is 0 Å². The van der Waals surface area contributed by atoms with Crippen LogP contribution in [0.3, 0.4) is 0 Å². The Hall–Kier alpha value is -7.69. The number of benzene rings is 3. The number of nitrogens with one attached hydrogen (secondary N) is 8. The van der Waals surface area contributed by atoms with Crippen LogP contribution in [0.15, 0.2) is 91.3 Å². The fourth-order valence-electron chi connectivity index (χ4n) is 8.54. The van der Waals surface area contributed by atoms with E-state index in [1.165, 1.54) is 13.8 Å². The standard InChI is InChI=1S/C52H64N12O7/c1-32(53)47(66)62-64-25-13-12-24-63(31-35-21-22-35)23-11-10-20-42(46(54)65)58-50(69)43(26-34-14-4-3-5-15-34)60-51(70)44(27-36-29-55-40-18-8-6-16-38(36)40)59-48(67)33(2)57-49(68)45(61-52(64)71)28-37-30-56-41-19-9-7-17-39(37)41/h3-9,14-19,29-30,32-33,35,42-45,55-56H,10-11,20-28,31,53H2,1-2H3,(H2,54,65)(H,57,68)(H,58,69)(H,59,67)(H,60,70)(H,61,71)(H,62,66)/t32-,33-,42-,43+,44-,45+/m0/s1. The molecule has 1 saturated carbocycles. The molecule has 0 bridgehead atoms. The molecule has 2 aliphatic rings. The molecule has 1 aliphatic carbocycles. The van der Waals surface area contributed by atoms with Crippen LogP contribution in [0.2, 0.25) is 0 Å². The molecule has 0 spiro atoms. The molecule has 3 aromatic carbocycles. The number of hydrazine groups is 1. The number of nitrogens with zero attached hydrogens (tertiary/aromatic N) is 2. The smallest absolute Gasteiger partial charge is 0.337 e. The number of para-hydroxylation sites is 2. The first-order valence-corrected chi connectivity index (χ1v) is 24.2. The lowest BCUT2D eigenvalue weighted by Gasteiger charge is -2.27. The van der Waals surface area contributed by atoms with E-state index in [9.17, 15) is 33.6 Å². The summed E-state index contributed by atoms with van der Waals surface area (Å²) in [7, 11) is 0. The summed E-state index contributed by atoms with van der Waals surface area (Å²) in [5.74, 6) is 2.45. The van der Waals surface area contributed by atoms with Crippen LogP contribution in [-0.4, -0.2) is 124 Å². The molecule has 6 atom stereocenters. The molecule has 3 heterocycles. The van der Waals surface area contributed by atoms with Crippen molar-refractivity contribution in [3.63, 3.8) is 0 Å². The molecule has 374 valence electrons. The van der Waals surface area contributed by atoms with Gasteiger partial charge in [-0.05, 0) is 87.2 Å². The number of aromatic nitrogens is 2. The number of H-pyrrole nitrogens is 2. The molecule has 0 saturated heterocycles. The highest BCUT2D eigenvalue weighted by molar-refractivity contribution is 5.97. The SMILES string of the molecule is C[C@H](N)C(=O)NN1CC#CCN(CC2CC2)CCCC[C@@H](C(N)=O)NC(=O)[C@@H](Cc2ccccc2)NC(=O)[C@H](Cc2c[nH]c3ccccc23)NC(=O)[C@H](C)NC(=O)[C@@H](Cc2c[nH]c3ccccc23)NC1=O. The number of aromatic amines is 2. The predicted octanol–water partition coefficient (Wildman–Crippen LogP) is 1.78. The zero-order valence-corrected chi connectivity index (χ0v) is 40.1. The third-order valence-corrected chi connectivity index (χ3v) is 12.8. The van der Waals surface area contributed by atoms with Crippen molar-refractivity contribution in [3.8, 4) is 11.8 Å². The largest absolute Gasteiger partial charge is 0.368 e. The van der Waals surface area contributed by atoms with Crippen molar-refractivity contribution in [3.05, 3.63) is 108 Å². The van der Waals surface area contributed by atoms with Crippen molar-refractivity contribution >= 4 is 63.3 Å². The maximum Gasteiger partial charge on any atom is 0.337 e. The number of primary amides is 1. The number of carbonyl (C=O) groups is 7. The fraction of sp³-hybridized carbons (Fsp3) is 0.404. The van der Waals surface area contributed by atoms with Crippen molar-refractivity contribution in [1.29, 1.82) is 0 Å². The Balaban J connectivity index is 1.22. The Morgan fingerprint density at radius 1 is 0.676 bits per heavy atom. The number of hydrogen-bond donors (Lipinski definition) is 10. The summed E-state index contributed by atoms with van der Waals surface area (Å²) in [5.41, 5.74) is 18.0. The van der Waals surface area contributed by atoms with E-state index in [0.717, 1.165) is 51.8 Å². The first kappa shape index (κ1) is 51.2. The number of amides is 8. The van der Waals surface area contributed by atoms with Crippen LogP contribution in [0.4, 0.5) is 4.79 Å². The highest BCUT2D eigenvalue weighted by Crippen LogP contribution is 2.30. The lowest BCUT2D eigenvalue weighted by atomic mass is 10.0. The second kappa shape index (κ2) is 24.2. The molecule has 1 aliphatic heterocycles. The molecular formula is C52H64N12O7. The zero-order valence-electron chi connectivity index (χ0n) is 40.1. The molecule has 19 nitrogen and oxygen atoms in total. The third kappa shape index (κ3) is 14.4. The highest BCUT2D eigenvalue weighted by atomic mass is 16.2. The van der Waals surface area contributed by atoms with E-state index in [1.54, 1.807) is 12.4 Å². The van der Waals surface area contributed by atoms with Gasteiger partial charge >= 0.3 is 6.03 Å². The number of rotatable bonds is 11. The average Bonchev–Trinajstić information content (AvgIpc) is 3.95. The quantitative estimate of drug-likeness (QED) is 0.0863. The minimum absolute atomic E-state index is 0.0191. The van der Waals surface area contributed by atoms with Crippen LogP contribution in [-0.2, 0) is 48.0 Å². The van der Waals surface area contributed by atoms with Gasteiger partial charge in [0, 0.05) is 60.0 Å². The Kier molecular flexibility index (Phi) is 17.5. The summed E-state index contributed by atoms with van der Waals surface area (Å²) in [6.45, 7) is 4.41. The minimum Gasteiger partial charge on any atom is -0.368 e. The van der Waals surface area contributed by atoms with Crippen molar-refractivity contribution in [2.45, 2.75) is 101 Å². The summed E-state index contributed by atoms with van der Waals surface area (Å²) in [4.78, 5) is 106. The van der Waals surface area contributed by atoms with E-state index < -0.39 is 77.7 Å². The van der Waals surface area contributed by atoms with E-state index in [4.69, 9.17) is 11.5 Å². The van der Waals surface area contributed by atoms with Gasteiger partial charge in [-0.25, -0.2) is 9.80 Å². The molecule has 1 fully saturated rings. The van der Waals surface area contributed by atoms with Gasteiger partial charge < -0.3 is 48.0 Å². The van der Waals surface area contributed by atoms with Gasteiger partial charge in [0.2, 0.25) is 29.5 Å². The lowest BCUT2D eigenvalue weighted by molar-refractivity contribution is -0.134. The Morgan fingerprint density at radius 3 is 1.85 bits per heavy atom. The van der Waals surface area contributed by atoms with Gasteiger partial charge in [-0.3, -0.25) is 39.1 Å². The maximum atomic E-state index is 14.6. The normalized spacial score (nSPS) is 22.3. The fourth-order valence-corrected chi connectivity index (χ4v) is 8.54. The van der Waals surface area contributed by atoms with E-state index in [2.05, 4.69) is 58.7 Å². The van der Waals surface area contributed by atoms with E-state index in [-0.39, 0.29) is 32.2 Å². The number of hydrogen-bond acceptors (Lipinski definition) is 9. The third-order valence-electron chi connectivity index (χ3n) is 12.8. The summed E-state index contributed by atoms with van der Waals surface area (Å²) < 4.78 is 0. The average molecular weight is 969 g/mol. The van der Waals surface area contributed by atoms with Crippen molar-refractivity contribution in [2.24, 2.45) is 17.4 Å². The molecule has 2 aromatic heterocycles. The Labute approximate surface area is 412 Å². The first-order valence-electron chi connectivity index (χ1n) is 24.2. The van der Waals surface area contributed by atoms with Crippen LogP contribution in [0.5, 0.6) is 0 Å². The lowest BCUT2D eigenvalue weighted by Crippen LogP contribution is -2.60. The van der Waals surface area contributed by atoms with E-state index in [1.807, 2.05) is 78.9 Å². The van der Waals surface area contributed by atoms with Crippen LogP contribution in [0.1, 0.15) is 62.6 Å².